The third-order valence-electron chi connectivity index (χ3n) is 1.64. The minimum Gasteiger partial charge on any atom is -0.355 e. The second-order valence-electron chi connectivity index (χ2n) is 2.46. The average molecular weight is 245 g/mol. The predicted molar refractivity (Wildman–Crippen MR) is 43.3 cm³/mol. The van der Waals surface area contributed by atoms with Crippen molar-refractivity contribution in [2.45, 2.75) is 6.92 Å². The van der Waals surface area contributed by atoms with Crippen LogP contribution in [0.5, 0.6) is 0 Å². The molecule has 0 fully saturated rings. The molecule has 0 aliphatic rings. The Morgan fingerprint density at radius 1 is 1.23 bits per heavy atom. The minimum atomic E-state index is 0. The van der Waals surface area contributed by atoms with Crippen molar-refractivity contribution < 1.29 is 58.2 Å². The number of hydrogen-bond donors (Lipinski definition) is 0. The van der Waals surface area contributed by atoms with Crippen molar-refractivity contribution in [3.63, 3.8) is 0 Å². The summed E-state index contributed by atoms with van der Waals surface area (Å²) in [5.41, 5.74) is 2.69. The van der Waals surface area contributed by atoms with Crippen molar-refractivity contribution in [2.75, 3.05) is 0 Å². The van der Waals surface area contributed by atoms with Crippen LogP contribution in [0.2, 0.25) is 0 Å². The van der Waals surface area contributed by atoms with Gasteiger partial charge >= 0.3 is 58.2 Å². The Hall–Kier alpha value is 0.0952. The molecular formula is C8H7N4Rb. The first-order valence-electron chi connectivity index (χ1n) is 3.61. The van der Waals surface area contributed by atoms with Gasteiger partial charge in [0.25, 0.3) is 0 Å². The standard InChI is InChI=1S/C8H7N4.Rb/c1-6-8(11-12-10-6)7-2-4-9-5-3-7;/h2-5H,1H3;/q-1;+1. The van der Waals surface area contributed by atoms with Gasteiger partial charge in [-0.1, -0.05) is 0 Å². The van der Waals surface area contributed by atoms with Gasteiger partial charge in [0.15, 0.2) is 0 Å². The molecule has 0 aliphatic heterocycles. The molecule has 0 aliphatic carbocycles. The van der Waals surface area contributed by atoms with E-state index < -0.39 is 0 Å². The number of nitrogens with zero attached hydrogens (tertiary/aromatic N) is 4. The predicted octanol–water partition coefficient (Wildman–Crippen LogP) is -2.19. The Balaban J connectivity index is 0.000000845. The maximum Gasteiger partial charge on any atom is 1.00 e. The van der Waals surface area contributed by atoms with Gasteiger partial charge in [0.05, 0.1) is 0 Å². The van der Waals surface area contributed by atoms with Crippen LogP contribution in [0.4, 0.5) is 0 Å². The third kappa shape index (κ3) is 2.52. The SMILES string of the molecule is Cc1nn[n-]c1-c1ccncc1.[Rb+]. The second-order valence-corrected chi connectivity index (χ2v) is 2.46. The van der Waals surface area contributed by atoms with Crippen LogP contribution in [0.25, 0.3) is 11.3 Å². The van der Waals surface area contributed by atoms with E-state index in [9.17, 15) is 0 Å². The molecule has 0 N–H and O–H groups in total. The Kier molecular flexibility index (Phi) is 4.38. The molecule has 2 aromatic heterocycles. The number of pyridine rings is 1. The average Bonchev–Trinajstić information content (AvgIpc) is 2.53. The van der Waals surface area contributed by atoms with Gasteiger partial charge in [-0.3, -0.25) is 10.2 Å². The summed E-state index contributed by atoms with van der Waals surface area (Å²) in [5, 5.41) is 11.3. The summed E-state index contributed by atoms with van der Waals surface area (Å²) in [5.74, 6) is 0. The van der Waals surface area contributed by atoms with Crippen molar-refractivity contribution >= 4 is 0 Å². The fourth-order valence-corrected chi connectivity index (χ4v) is 1.03. The summed E-state index contributed by atoms with van der Waals surface area (Å²) in [6, 6.07) is 3.78. The van der Waals surface area contributed by atoms with Gasteiger partial charge in [-0.25, -0.2) is 0 Å². The zero-order chi connectivity index (χ0) is 8.39. The first kappa shape index (κ1) is 11.2. The molecule has 4 nitrogen and oxygen atoms in total. The summed E-state index contributed by atoms with van der Waals surface area (Å²) in [4.78, 5) is 3.92. The molecule has 60 valence electrons. The first-order chi connectivity index (χ1) is 5.88. The first-order valence-corrected chi connectivity index (χ1v) is 3.61. The molecule has 0 atom stereocenters. The number of hydrogen-bond acceptors (Lipinski definition) is 3. The number of aryl methyl sites for hydroxylation is 1. The molecule has 2 heterocycles. The van der Waals surface area contributed by atoms with Crippen molar-refractivity contribution in [3.05, 3.63) is 30.2 Å². The van der Waals surface area contributed by atoms with Gasteiger partial charge in [-0.2, -0.15) is 0 Å². The van der Waals surface area contributed by atoms with Gasteiger partial charge in [-0.15, -0.1) is 0 Å². The fraction of sp³-hybridized carbons (Fsp3) is 0.125. The number of rotatable bonds is 1. The van der Waals surface area contributed by atoms with E-state index in [2.05, 4.69) is 20.4 Å². The van der Waals surface area contributed by atoms with E-state index >= 15 is 0 Å². The second kappa shape index (κ2) is 5.09. The molecule has 0 unspecified atom stereocenters. The normalized spacial score (nSPS) is 9.31. The van der Waals surface area contributed by atoms with Gasteiger partial charge in [0, 0.05) is 12.4 Å². The van der Waals surface area contributed by atoms with Crippen LogP contribution >= 0.6 is 0 Å². The largest absolute Gasteiger partial charge is 1.00 e. The monoisotopic (exact) mass is 244 g/mol. The van der Waals surface area contributed by atoms with E-state index in [1.165, 1.54) is 0 Å². The van der Waals surface area contributed by atoms with Crippen LogP contribution in [0.1, 0.15) is 5.69 Å². The third-order valence-corrected chi connectivity index (χ3v) is 1.64. The van der Waals surface area contributed by atoms with E-state index in [1.54, 1.807) is 12.4 Å². The maximum atomic E-state index is 3.92. The molecule has 0 radical (unpaired) electrons. The van der Waals surface area contributed by atoms with Crippen LogP contribution in [-0.4, -0.2) is 15.3 Å². The van der Waals surface area contributed by atoms with Crippen LogP contribution in [0.15, 0.2) is 24.5 Å². The van der Waals surface area contributed by atoms with E-state index in [-0.39, 0.29) is 58.2 Å². The van der Waals surface area contributed by atoms with E-state index in [0.29, 0.717) is 0 Å². The minimum absolute atomic E-state index is 0. The Bertz CT molecular complexity index is 371. The van der Waals surface area contributed by atoms with Gasteiger partial charge < -0.3 is 10.2 Å². The quantitative estimate of drug-likeness (QED) is 0.572. The summed E-state index contributed by atoms with van der Waals surface area (Å²) < 4.78 is 0. The molecule has 0 saturated carbocycles. The summed E-state index contributed by atoms with van der Waals surface area (Å²) in [6.45, 7) is 1.88. The zero-order valence-electron chi connectivity index (χ0n) is 7.60. The number of aromatic nitrogens is 4. The molecule has 0 saturated heterocycles. The van der Waals surface area contributed by atoms with Crippen LogP contribution in [0.3, 0.4) is 0 Å². The molecule has 0 aromatic carbocycles. The smallest absolute Gasteiger partial charge is 0.355 e. The van der Waals surface area contributed by atoms with Crippen molar-refractivity contribution in [1.29, 1.82) is 0 Å². The molecule has 0 spiro atoms. The fourth-order valence-electron chi connectivity index (χ4n) is 1.03. The van der Waals surface area contributed by atoms with Gasteiger partial charge in [0.1, 0.15) is 0 Å². The molecule has 0 bridgehead atoms. The Morgan fingerprint density at radius 3 is 2.46 bits per heavy atom. The van der Waals surface area contributed by atoms with Crippen LogP contribution < -0.4 is 63.3 Å². The maximum absolute atomic E-state index is 3.92. The zero-order valence-corrected chi connectivity index (χ0v) is 12.5. The van der Waals surface area contributed by atoms with Crippen molar-refractivity contribution in [2.24, 2.45) is 0 Å². The molecule has 2 aromatic rings. The van der Waals surface area contributed by atoms with Gasteiger partial charge in [-0.05, 0) is 36.0 Å². The molecule has 0 amide bonds. The Morgan fingerprint density at radius 2 is 1.92 bits per heavy atom. The summed E-state index contributed by atoms with van der Waals surface area (Å²) in [7, 11) is 0. The van der Waals surface area contributed by atoms with Crippen LogP contribution in [0, 0.1) is 6.92 Å². The molecule has 5 heteroatoms. The molecule has 13 heavy (non-hydrogen) atoms. The van der Waals surface area contributed by atoms with Crippen molar-refractivity contribution in [1.82, 2.24) is 20.4 Å². The van der Waals surface area contributed by atoms with Crippen LogP contribution in [-0.2, 0) is 0 Å². The molecule has 2 rings (SSSR count). The van der Waals surface area contributed by atoms with Gasteiger partial charge in [0.2, 0.25) is 0 Å². The van der Waals surface area contributed by atoms with E-state index in [4.69, 9.17) is 0 Å². The molecular weight excluding hydrogens is 238 g/mol. The summed E-state index contributed by atoms with van der Waals surface area (Å²) >= 11 is 0. The summed E-state index contributed by atoms with van der Waals surface area (Å²) in [6.07, 6.45) is 3.45. The Labute approximate surface area is 125 Å². The van der Waals surface area contributed by atoms with E-state index in [0.717, 1.165) is 17.0 Å². The van der Waals surface area contributed by atoms with Crippen molar-refractivity contribution in [3.8, 4) is 11.3 Å². The van der Waals surface area contributed by atoms with E-state index in [1.807, 2.05) is 19.1 Å². The topological polar surface area (TPSA) is 52.8 Å².